The van der Waals surface area contributed by atoms with Gasteiger partial charge in [0.1, 0.15) is 11.9 Å². The summed E-state index contributed by atoms with van der Waals surface area (Å²) >= 11 is 0. The zero-order valence-electron chi connectivity index (χ0n) is 12.7. The first kappa shape index (κ1) is 15.3. The Morgan fingerprint density at radius 2 is 1.71 bits per heavy atom. The van der Waals surface area contributed by atoms with E-state index in [2.05, 4.69) is 0 Å². The molecule has 5 nitrogen and oxygen atoms in total. The predicted molar refractivity (Wildman–Crippen MR) is 78.2 cm³/mol. The molecule has 2 aromatic rings. The number of aliphatic hydroxyl groups is 1. The molecule has 0 saturated carbocycles. The van der Waals surface area contributed by atoms with Crippen LogP contribution in [-0.4, -0.2) is 26.4 Å². The Hall–Kier alpha value is -2.14. The molecular formula is C16H20O5. The van der Waals surface area contributed by atoms with Crippen molar-refractivity contribution in [2.24, 2.45) is 0 Å². The number of aliphatic hydroxyl groups excluding tert-OH is 1. The number of hydrogen-bond acceptors (Lipinski definition) is 5. The SMILES string of the molecule is COc1cc(CC(O)c2occc2C)cc(OC)c1OC. The van der Waals surface area contributed by atoms with E-state index >= 15 is 0 Å². The van der Waals surface area contributed by atoms with Gasteiger partial charge in [-0.3, -0.25) is 0 Å². The zero-order valence-corrected chi connectivity index (χ0v) is 12.7. The summed E-state index contributed by atoms with van der Waals surface area (Å²) in [5, 5.41) is 10.3. The maximum Gasteiger partial charge on any atom is 0.203 e. The molecule has 1 unspecified atom stereocenters. The summed E-state index contributed by atoms with van der Waals surface area (Å²) in [6, 6.07) is 5.47. The lowest BCUT2D eigenvalue weighted by Gasteiger charge is -2.15. The molecule has 0 aliphatic carbocycles. The van der Waals surface area contributed by atoms with Crippen molar-refractivity contribution in [1.29, 1.82) is 0 Å². The van der Waals surface area contributed by atoms with Crippen LogP contribution in [0.4, 0.5) is 0 Å². The molecule has 0 bridgehead atoms. The average molecular weight is 292 g/mol. The van der Waals surface area contributed by atoms with Crippen LogP contribution >= 0.6 is 0 Å². The molecule has 0 saturated heterocycles. The molecular weight excluding hydrogens is 272 g/mol. The van der Waals surface area contributed by atoms with Gasteiger partial charge in [0, 0.05) is 6.42 Å². The predicted octanol–water partition coefficient (Wildman–Crippen LogP) is 2.89. The van der Waals surface area contributed by atoms with Gasteiger partial charge in [0.15, 0.2) is 11.5 Å². The Bertz CT molecular complexity index is 577. The number of hydrogen-bond donors (Lipinski definition) is 1. The Morgan fingerprint density at radius 1 is 1.10 bits per heavy atom. The summed E-state index contributed by atoms with van der Waals surface area (Å²) in [6.07, 6.45) is 1.25. The highest BCUT2D eigenvalue weighted by atomic mass is 16.5. The normalized spacial score (nSPS) is 12.0. The van der Waals surface area contributed by atoms with Crippen LogP contribution in [0.1, 0.15) is 23.0 Å². The summed E-state index contributed by atoms with van der Waals surface area (Å²) in [5.41, 5.74) is 1.79. The minimum absolute atomic E-state index is 0.394. The van der Waals surface area contributed by atoms with E-state index < -0.39 is 6.10 Å². The highest BCUT2D eigenvalue weighted by Crippen LogP contribution is 2.39. The minimum Gasteiger partial charge on any atom is -0.493 e. The summed E-state index contributed by atoms with van der Waals surface area (Å²) in [4.78, 5) is 0. The molecule has 21 heavy (non-hydrogen) atoms. The van der Waals surface area contributed by atoms with E-state index in [4.69, 9.17) is 18.6 Å². The number of ether oxygens (including phenoxy) is 3. The van der Waals surface area contributed by atoms with Crippen LogP contribution in [0, 0.1) is 6.92 Å². The third-order valence-corrected chi connectivity index (χ3v) is 3.36. The van der Waals surface area contributed by atoms with E-state index in [0.717, 1.165) is 11.1 Å². The molecule has 0 radical (unpaired) electrons. The van der Waals surface area contributed by atoms with Crippen molar-refractivity contribution in [3.63, 3.8) is 0 Å². The number of benzene rings is 1. The molecule has 0 fully saturated rings. The van der Waals surface area contributed by atoms with Crippen LogP contribution in [0.2, 0.25) is 0 Å². The molecule has 0 amide bonds. The molecule has 114 valence electrons. The standard InChI is InChI=1S/C16H20O5/c1-10-5-6-21-15(10)12(17)7-11-8-13(18-2)16(20-4)14(9-11)19-3/h5-6,8-9,12,17H,7H2,1-4H3. The molecule has 1 aromatic heterocycles. The van der Waals surface area contributed by atoms with Crippen LogP contribution in [0.3, 0.4) is 0 Å². The lowest BCUT2D eigenvalue weighted by atomic mass is 10.0. The van der Waals surface area contributed by atoms with Gasteiger partial charge in [-0.15, -0.1) is 0 Å². The van der Waals surface area contributed by atoms with Crippen molar-refractivity contribution in [3.8, 4) is 17.2 Å². The van der Waals surface area contributed by atoms with E-state index in [9.17, 15) is 5.11 Å². The third-order valence-electron chi connectivity index (χ3n) is 3.36. The first-order valence-electron chi connectivity index (χ1n) is 6.61. The van der Waals surface area contributed by atoms with Gasteiger partial charge in [-0.2, -0.15) is 0 Å². The summed E-state index contributed by atoms with van der Waals surface area (Å²) in [5.74, 6) is 2.24. The quantitative estimate of drug-likeness (QED) is 0.887. The maximum absolute atomic E-state index is 10.3. The summed E-state index contributed by atoms with van der Waals surface area (Å²) in [7, 11) is 4.68. The summed E-state index contributed by atoms with van der Waals surface area (Å²) < 4.78 is 21.2. The van der Waals surface area contributed by atoms with E-state index in [1.165, 1.54) is 0 Å². The maximum atomic E-state index is 10.3. The largest absolute Gasteiger partial charge is 0.493 e. The lowest BCUT2D eigenvalue weighted by Crippen LogP contribution is -2.04. The molecule has 0 aliphatic rings. The molecule has 1 atom stereocenters. The Balaban J connectivity index is 2.30. The first-order valence-corrected chi connectivity index (χ1v) is 6.61. The van der Waals surface area contributed by atoms with Crippen molar-refractivity contribution in [3.05, 3.63) is 41.3 Å². The van der Waals surface area contributed by atoms with Crippen LogP contribution < -0.4 is 14.2 Å². The number of rotatable bonds is 6. The lowest BCUT2D eigenvalue weighted by molar-refractivity contribution is 0.149. The number of furan rings is 1. The molecule has 1 heterocycles. The van der Waals surface area contributed by atoms with E-state index in [1.807, 2.05) is 25.1 Å². The van der Waals surface area contributed by atoms with Crippen molar-refractivity contribution in [2.45, 2.75) is 19.4 Å². The van der Waals surface area contributed by atoms with E-state index in [0.29, 0.717) is 29.4 Å². The second-order valence-electron chi connectivity index (χ2n) is 4.72. The summed E-state index contributed by atoms with van der Waals surface area (Å²) in [6.45, 7) is 1.90. The fourth-order valence-corrected chi connectivity index (χ4v) is 2.30. The molecule has 0 aliphatic heterocycles. The van der Waals surface area contributed by atoms with Gasteiger partial charge >= 0.3 is 0 Å². The molecule has 1 aromatic carbocycles. The highest BCUT2D eigenvalue weighted by Gasteiger charge is 2.18. The molecule has 2 rings (SSSR count). The minimum atomic E-state index is -0.720. The van der Waals surface area contributed by atoms with Gasteiger partial charge in [0.05, 0.1) is 27.6 Å². The average Bonchev–Trinajstić information content (AvgIpc) is 2.92. The van der Waals surface area contributed by atoms with Crippen LogP contribution in [0.5, 0.6) is 17.2 Å². The fraction of sp³-hybridized carbons (Fsp3) is 0.375. The zero-order chi connectivity index (χ0) is 15.4. The number of methoxy groups -OCH3 is 3. The van der Waals surface area contributed by atoms with Gasteiger partial charge in [-0.25, -0.2) is 0 Å². The smallest absolute Gasteiger partial charge is 0.203 e. The van der Waals surface area contributed by atoms with Crippen LogP contribution in [0.15, 0.2) is 28.9 Å². The topological polar surface area (TPSA) is 61.1 Å². The van der Waals surface area contributed by atoms with Gasteiger partial charge in [0.25, 0.3) is 0 Å². The van der Waals surface area contributed by atoms with Gasteiger partial charge in [0.2, 0.25) is 5.75 Å². The van der Waals surface area contributed by atoms with Gasteiger partial charge in [-0.1, -0.05) is 0 Å². The Morgan fingerprint density at radius 3 is 2.14 bits per heavy atom. The van der Waals surface area contributed by atoms with Crippen molar-refractivity contribution in [2.75, 3.05) is 21.3 Å². The fourth-order valence-electron chi connectivity index (χ4n) is 2.30. The Labute approximate surface area is 124 Å². The molecule has 1 N–H and O–H groups in total. The molecule has 0 spiro atoms. The van der Waals surface area contributed by atoms with Gasteiger partial charge < -0.3 is 23.7 Å². The molecule has 5 heteroatoms. The first-order chi connectivity index (χ1) is 10.1. The van der Waals surface area contributed by atoms with E-state index in [-0.39, 0.29) is 0 Å². The Kier molecular flexibility index (Phi) is 4.75. The van der Waals surface area contributed by atoms with Crippen LogP contribution in [-0.2, 0) is 6.42 Å². The monoisotopic (exact) mass is 292 g/mol. The highest BCUT2D eigenvalue weighted by molar-refractivity contribution is 5.54. The van der Waals surface area contributed by atoms with Crippen molar-refractivity contribution in [1.82, 2.24) is 0 Å². The van der Waals surface area contributed by atoms with Crippen molar-refractivity contribution >= 4 is 0 Å². The van der Waals surface area contributed by atoms with E-state index in [1.54, 1.807) is 27.6 Å². The van der Waals surface area contributed by atoms with Gasteiger partial charge in [-0.05, 0) is 36.2 Å². The number of aryl methyl sites for hydroxylation is 1. The second-order valence-corrected chi connectivity index (χ2v) is 4.72. The van der Waals surface area contributed by atoms with Crippen molar-refractivity contribution < 1.29 is 23.7 Å². The second kappa shape index (κ2) is 6.54. The third kappa shape index (κ3) is 3.13. The van der Waals surface area contributed by atoms with Crippen LogP contribution in [0.25, 0.3) is 0 Å².